The lowest BCUT2D eigenvalue weighted by atomic mass is 10.2. The van der Waals surface area contributed by atoms with Crippen molar-refractivity contribution < 1.29 is 4.43 Å². The van der Waals surface area contributed by atoms with Crippen LogP contribution in [0.3, 0.4) is 0 Å². The summed E-state index contributed by atoms with van der Waals surface area (Å²) in [6.07, 6.45) is 3.21. The average Bonchev–Trinajstić information content (AvgIpc) is 2.15. The van der Waals surface area contributed by atoms with Gasteiger partial charge in [0.15, 0.2) is 8.32 Å². The van der Waals surface area contributed by atoms with Gasteiger partial charge in [-0.05, 0) is 18.1 Å². The van der Waals surface area contributed by atoms with Crippen molar-refractivity contribution in [3.8, 4) is 0 Å². The van der Waals surface area contributed by atoms with E-state index in [-0.39, 0.29) is 5.04 Å². The average molecular weight is 259 g/mol. The number of hydrogen-bond donors (Lipinski definition) is 0. The molecule has 0 N–H and O–H groups in total. The second-order valence-corrected chi connectivity index (χ2v) is 10.6. The Kier molecular flexibility index (Phi) is 4.10. The fourth-order valence-corrected chi connectivity index (χ4v) is 1.92. The molecule has 0 unspecified atom stereocenters. The van der Waals surface area contributed by atoms with Gasteiger partial charge in [0.2, 0.25) is 0 Å². The molecule has 0 aliphatic rings. The molecule has 1 aromatic heterocycles. The van der Waals surface area contributed by atoms with Crippen LogP contribution in [0, 0.1) is 0 Å². The normalized spacial score (nSPS) is 12.9. The number of halogens is 1. The number of rotatable bonds is 3. The van der Waals surface area contributed by atoms with Gasteiger partial charge < -0.3 is 4.43 Å². The summed E-state index contributed by atoms with van der Waals surface area (Å²) in [5.41, 5.74) is 0.828. The van der Waals surface area contributed by atoms with Gasteiger partial charge in [0.1, 0.15) is 5.15 Å². The Morgan fingerprint density at radius 1 is 1.25 bits per heavy atom. The standard InChI is InChI=1S/C11H19ClN2OSi/c1-11(2,3)16(4,5)15-8-9-6-14-10(12)7-13-9/h6-7H,8H2,1-5H3. The minimum absolute atomic E-state index is 0.215. The molecule has 0 saturated heterocycles. The fraction of sp³-hybridized carbons (Fsp3) is 0.636. The van der Waals surface area contributed by atoms with Crippen molar-refractivity contribution in [2.75, 3.05) is 0 Å². The van der Waals surface area contributed by atoms with Crippen molar-refractivity contribution in [3.63, 3.8) is 0 Å². The molecule has 0 aromatic carbocycles. The first-order chi connectivity index (χ1) is 7.22. The Labute approximate surface area is 103 Å². The molecule has 0 radical (unpaired) electrons. The predicted octanol–water partition coefficient (Wildman–Crippen LogP) is 3.65. The van der Waals surface area contributed by atoms with Gasteiger partial charge in [-0.2, -0.15) is 0 Å². The first kappa shape index (κ1) is 13.6. The minimum atomic E-state index is -1.70. The van der Waals surface area contributed by atoms with Gasteiger partial charge in [-0.3, -0.25) is 4.98 Å². The first-order valence-corrected chi connectivity index (χ1v) is 8.61. The lowest BCUT2D eigenvalue weighted by molar-refractivity contribution is 0.271. The quantitative estimate of drug-likeness (QED) is 0.777. The van der Waals surface area contributed by atoms with E-state index in [0.29, 0.717) is 11.8 Å². The van der Waals surface area contributed by atoms with E-state index in [0.717, 1.165) is 5.69 Å². The summed E-state index contributed by atoms with van der Waals surface area (Å²) in [5.74, 6) is 0. The highest BCUT2D eigenvalue weighted by Gasteiger charge is 2.37. The molecule has 0 spiro atoms. The lowest BCUT2D eigenvalue weighted by Crippen LogP contribution is -2.40. The summed E-state index contributed by atoms with van der Waals surface area (Å²) in [6, 6.07) is 0. The van der Waals surface area contributed by atoms with Crippen LogP contribution in [-0.2, 0) is 11.0 Å². The van der Waals surface area contributed by atoms with E-state index in [1.54, 1.807) is 12.4 Å². The molecule has 0 aliphatic carbocycles. The van der Waals surface area contributed by atoms with Crippen molar-refractivity contribution in [3.05, 3.63) is 23.2 Å². The van der Waals surface area contributed by atoms with Crippen LogP contribution in [0.25, 0.3) is 0 Å². The summed E-state index contributed by atoms with van der Waals surface area (Å²) in [5, 5.41) is 0.628. The van der Waals surface area contributed by atoms with Crippen molar-refractivity contribution in [1.82, 2.24) is 9.97 Å². The van der Waals surface area contributed by atoms with Gasteiger partial charge in [0, 0.05) is 0 Å². The van der Waals surface area contributed by atoms with Crippen LogP contribution in [0.15, 0.2) is 12.4 Å². The highest BCUT2D eigenvalue weighted by molar-refractivity contribution is 6.74. The van der Waals surface area contributed by atoms with Crippen LogP contribution in [0.1, 0.15) is 26.5 Å². The molecular formula is C11H19ClN2OSi. The Hall–Kier alpha value is -0.453. The van der Waals surface area contributed by atoms with E-state index in [9.17, 15) is 0 Å². The SMILES string of the molecule is CC(C)(C)[Si](C)(C)OCc1cnc(Cl)cn1. The molecule has 0 fully saturated rings. The molecule has 90 valence electrons. The fourth-order valence-electron chi connectivity index (χ4n) is 0.884. The smallest absolute Gasteiger partial charge is 0.192 e. The maximum atomic E-state index is 6.01. The maximum Gasteiger partial charge on any atom is 0.192 e. The third-order valence-electron chi connectivity index (χ3n) is 3.06. The molecule has 16 heavy (non-hydrogen) atoms. The summed E-state index contributed by atoms with van der Waals surface area (Å²) in [7, 11) is -1.70. The minimum Gasteiger partial charge on any atom is -0.411 e. The van der Waals surface area contributed by atoms with E-state index < -0.39 is 8.32 Å². The molecule has 3 nitrogen and oxygen atoms in total. The Balaban J connectivity index is 2.61. The largest absolute Gasteiger partial charge is 0.411 e. The Morgan fingerprint density at radius 3 is 2.31 bits per heavy atom. The second kappa shape index (κ2) is 4.81. The van der Waals surface area contributed by atoms with Crippen LogP contribution < -0.4 is 0 Å². The van der Waals surface area contributed by atoms with Crippen LogP contribution in [0.4, 0.5) is 0 Å². The summed E-state index contributed by atoms with van der Waals surface area (Å²) < 4.78 is 6.01. The van der Waals surface area contributed by atoms with E-state index in [4.69, 9.17) is 16.0 Å². The van der Waals surface area contributed by atoms with E-state index in [1.807, 2.05) is 0 Å². The highest BCUT2D eigenvalue weighted by atomic mass is 35.5. The molecule has 1 aromatic rings. The maximum absolute atomic E-state index is 6.01. The van der Waals surface area contributed by atoms with E-state index in [1.165, 1.54) is 0 Å². The number of nitrogens with zero attached hydrogens (tertiary/aromatic N) is 2. The van der Waals surface area contributed by atoms with Gasteiger partial charge in [0.25, 0.3) is 0 Å². The van der Waals surface area contributed by atoms with Crippen LogP contribution in [0.5, 0.6) is 0 Å². The summed E-state index contributed by atoms with van der Waals surface area (Å²) >= 11 is 5.67. The topological polar surface area (TPSA) is 35.0 Å². The summed E-state index contributed by atoms with van der Waals surface area (Å²) in [4.78, 5) is 8.15. The van der Waals surface area contributed by atoms with E-state index >= 15 is 0 Å². The molecular weight excluding hydrogens is 240 g/mol. The van der Waals surface area contributed by atoms with Gasteiger partial charge in [-0.25, -0.2) is 4.98 Å². The van der Waals surface area contributed by atoms with Gasteiger partial charge in [-0.15, -0.1) is 0 Å². The van der Waals surface area contributed by atoms with Gasteiger partial charge in [0.05, 0.1) is 24.7 Å². The molecule has 0 aliphatic heterocycles. The van der Waals surface area contributed by atoms with Gasteiger partial charge >= 0.3 is 0 Å². The Morgan fingerprint density at radius 2 is 1.88 bits per heavy atom. The lowest BCUT2D eigenvalue weighted by Gasteiger charge is -2.35. The first-order valence-electron chi connectivity index (χ1n) is 5.33. The summed E-state index contributed by atoms with van der Waals surface area (Å²) in [6.45, 7) is 11.6. The molecule has 5 heteroatoms. The second-order valence-electron chi connectivity index (χ2n) is 5.38. The van der Waals surface area contributed by atoms with Crippen molar-refractivity contribution in [1.29, 1.82) is 0 Å². The zero-order valence-electron chi connectivity index (χ0n) is 10.5. The van der Waals surface area contributed by atoms with E-state index in [2.05, 4.69) is 43.8 Å². The van der Waals surface area contributed by atoms with Crippen LogP contribution in [-0.4, -0.2) is 18.3 Å². The molecule has 1 heterocycles. The predicted molar refractivity (Wildman–Crippen MR) is 69.0 cm³/mol. The molecule has 0 amide bonds. The Bertz CT molecular complexity index is 346. The highest BCUT2D eigenvalue weighted by Crippen LogP contribution is 2.36. The number of aromatic nitrogens is 2. The molecule has 0 saturated carbocycles. The van der Waals surface area contributed by atoms with Crippen molar-refractivity contribution in [2.24, 2.45) is 0 Å². The third kappa shape index (κ3) is 3.54. The van der Waals surface area contributed by atoms with Crippen molar-refractivity contribution in [2.45, 2.75) is 45.5 Å². The van der Waals surface area contributed by atoms with Crippen LogP contribution in [0.2, 0.25) is 23.3 Å². The molecule has 1 rings (SSSR count). The zero-order valence-corrected chi connectivity index (χ0v) is 12.3. The van der Waals surface area contributed by atoms with Crippen molar-refractivity contribution >= 4 is 19.9 Å². The molecule has 0 atom stereocenters. The zero-order chi connectivity index (χ0) is 12.4. The molecule has 0 bridgehead atoms. The third-order valence-corrected chi connectivity index (χ3v) is 7.73. The monoisotopic (exact) mass is 258 g/mol. The van der Waals surface area contributed by atoms with Gasteiger partial charge in [-0.1, -0.05) is 32.4 Å². The van der Waals surface area contributed by atoms with Crippen LogP contribution >= 0.6 is 11.6 Å². The number of hydrogen-bond acceptors (Lipinski definition) is 3.